The topological polar surface area (TPSA) is 103 Å². The highest BCUT2D eigenvalue weighted by Gasteiger charge is 2.20. The summed E-state index contributed by atoms with van der Waals surface area (Å²) in [7, 11) is 0. The molecule has 1 saturated carbocycles. The third-order valence-electron chi connectivity index (χ3n) is 5.39. The van der Waals surface area contributed by atoms with Crippen LogP contribution in [0.2, 0.25) is 0 Å². The van der Waals surface area contributed by atoms with Crippen molar-refractivity contribution in [1.29, 1.82) is 0 Å². The molecule has 4 N–H and O–H groups in total. The van der Waals surface area contributed by atoms with E-state index in [1.807, 2.05) is 0 Å². The highest BCUT2D eigenvalue weighted by Crippen LogP contribution is 2.35. The Kier molecular flexibility index (Phi) is 4.96. The van der Waals surface area contributed by atoms with Gasteiger partial charge in [-0.25, -0.2) is 0 Å². The van der Waals surface area contributed by atoms with E-state index in [-0.39, 0.29) is 33.6 Å². The third-order valence-corrected chi connectivity index (χ3v) is 5.39. The summed E-state index contributed by atoms with van der Waals surface area (Å²) in [5.74, 6) is 0.000186. The smallest absolute Gasteiger partial charge is 0.197 e. The van der Waals surface area contributed by atoms with Crippen molar-refractivity contribution in [2.75, 3.05) is 0 Å². The lowest BCUT2D eigenvalue weighted by atomic mass is 9.95. The maximum atomic E-state index is 12.7. The first-order chi connectivity index (χ1) is 13.5. The number of phenolic OH excluding ortho intramolecular Hbond substituents is 3. The predicted molar refractivity (Wildman–Crippen MR) is 107 cm³/mol. The Labute approximate surface area is 162 Å². The number of rotatable bonds is 4. The van der Waals surface area contributed by atoms with Gasteiger partial charge >= 0.3 is 0 Å². The summed E-state index contributed by atoms with van der Waals surface area (Å²) in [5.41, 5.74) is 0.860. The number of hydrogen-bond acceptors (Lipinski definition) is 6. The van der Waals surface area contributed by atoms with Gasteiger partial charge in [0.05, 0.1) is 5.56 Å². The molecule has 1 fully saturated rings. The summed E-state index contributed by atoms with van der Waals surface area (Å²) in [6.07, 6.45) is 5.77. The maximum Gasteiger partial charge on any atom is 0.197 e. The predicted octanol–water partition coefficient (Wildman–Crippen LogP) is 4.00. The summed E-state index contributed by atoms with van der Waals surface area (Å²) >= 11 is 0. The van der Waals surface area contributed by atoms with Gasteiger partial charge in [0.2, 0.25) is 0 Å². The zero-order valence-electron chi connectivity index (χ0n) is 15.4. The molecule has 1 aliphatic rings. The van der Waals surface area contributed by atoms with E-state index in [0.717, 1.165) is 12.8 Å². The quantitative estimate of drug-likeness (QED) is 0.545. The van der Waals surface area contributed by atoms with Crippen molar-refractivity contribution in [1.82, 2.24) is 5.32 Å². The Bertz CT molecular complexity index is 1050. The van der Waals surface area contributed by atoms with Crippen molar-refractivity contribution in [2.24, 2.45) is 0 Å². The average molecular weight is 381 g/mol. The SMILES string of the molecule is O=c1cc(-c2ccc(O)cc2)oc2c(CNC3CCCCC3)c(O)cc(O)c12. The molecular weight excluding hydrogens is 358 g/mol. The van der Waals surface area contributed by atoms with Crippen LogP contribution in [0.5, 0.6) is 17.2 Å². The normalized spacial score (nSPS) is 15.1. The molecule has 3 aromatic rings. The first kappa shape index (κ1) is 18.4. The van der Waals surface area contributed by atoms with Gasteiger partial charge in [0.1, 0.15) is 28.4 Å². The molecule has 0 spiro atoms. The molecule has 0 unspecified atom stereocenters. The summed E-state index contributed by atoms with van der Waals surface area (Å²) in [6, 6.07) is 9.16. The standard InChI is InChI=1S/C22H23NO5/c24-15-8-6-13(7-9-15)20-11-19(27)21-18(26)10-17(25)16(22(21)28-20)12-23-14-4-2-1-3-5-14/h6-11,14,23-26H,1-5,12H2. The Morgan fingerprint density at radius 3 is 2.39 bits per heavy atom. The van der Waals surface area contributed by atoms with E-state index >= 15 is 0 Å². The van der Waals surface area contributed by atoms with Crippen LogP contribution in [0, 0.1) is 0 Å². The first-order valence-electron chi connectivity index (χ1n) is 9.57. The zero-order chi connectivity index (χ0) is 19.7. The molecule has 0 bridgehead atoms. The lowest BCUT2D eigenvalue weighted by Gasteiger charge is -2.23. The number of phenols is 3. The lowest BCUT2D eigenvalue weighted by molar-refractivity contribution is 0.368. The second kappa shape index (κ2) is 7.56. The number of hydrogen-bond donors (Lipinski definition) is 4. The van der Waals surface area contributed by atoms with Crippen LogP contribution in [-0.2, 0) is 6.54 Å². The van der Waals surface area contributed by atoms with E-state index in [0.29, 0.717) is 29.5 Å². The lowest BCUT2D eigenvalue weighted by Crippen LogP contribution is -2.30. The molecule has 4 rings (SSSR count). The van der Waals surface area contributed by atoms with Gasteiger partial charge < -0.3 is 25.1 Å². The van der Waals surface area contributed by atoms with Crippen LogP contribution < -0.4 is 10.7 Å². The van der Waals surface area contributed by atoms with E-state index in [9.17, 15) is 20.1 Å². The molecule has 28 heavy (non-hydrogen) atoms. The van der Waals surface area contributed by atoms with Crippen LogP contribution in [0.25, 0.3) is 22.3 Å². The number of aromatic hydroxyl groups is 3. The molecule has 6 nitrogen and oxygen atoms in total. The fourth-order valence-electron chi connectivity index (χ4n) is 3.85. The summed E-state index contributed by atoms with van der Waals surface area (Å²) < 4.78 is 5.96. The molecule has 1 aromatic heterocycles. The molecule has 1 aliphatic carbocycles. The van der Waals surface area contributed by atoms with Crippen LogP contribution in [0.4, 0.5) is 0 Å². The number of benzene rings is 2. The van der Waals surface area contributed by atoms with Gasteiger partial charge in [-0.3, -0.25) is 4.79 Å². The first-order valence-corrected chi connectivity index (χ1v) is 9.57. The van der Waals surface area contributed by atoms with Crippen molar-refractivity contribution in [2.45, 2.75) is 44.7 Å². The molecule has 0 amide bonds. The molecule has 0 radical (unpaired) electrons. The molecule has 1 heterocycles. The minimum atomic E-state index is -0.388. The average Bonchev–Trinajstić information content (AvgIpc) is 2.68. The maximum absolute atomic E-state index is 12.7. The molecule has 2 aromatic carbocycles. The van der Waals surface area contributed by atoms with Gasteiger partial charge in [-0.2, -0.15) is 0 Å². The fraction of sp³-hybridized carbons (Fsp3) is 0.318. The third kappa shape index (κ3) is 3.55. The minimum absolute atomic E-state index is 0.0563. The molecular formula is C22H23NO5. The highest BCUT2D eigenvalue weighted by molar-refractivity contribution is 5.89. The zero-order valence-corrected chi connectivity index (χ0v) is 15.4. The van der Waals surface area contributed by atoms with E-state index in [2.05, 4.69) is 5.32 Å². The van der Waals surface area contributed by atoms with Crippen LogP contribution >= 0.6 is 0 Å². The van der Waals surface area contributed by atoms with E-state index in [1.54, 1.807) is 12.1 Å². The van der Waals surface area contributed by atoms with Gasteiger partial charge in [-0.05, 0) is 37.1 Å². The Hall–Kier alpha value is -2.99. The second-order valence-electron chi connectivity index (χ2n) is 7.34. The van der Waals surface area contributed by atoms with Crippen molar-refractivity contribution in [3.05, 3.63) is 52.2 Å². The van der Waals surface area contributed by atoms with Gasteiger partial charge in [0.25, 0.3) is 0 Å². The number of nitrogens with one attached hydrogen (secondary N) is 1. The highest BCUT2D eigenvalue weighted by atomic mass is 16.3. The largest absolute Gasteiger partial charge is 0.508 e. The van der Waals surface area contributed by atoms with Crippen LogP contribution in [0.3, 0.4) is 0 Å². The van der Waals surface area contributed by atoms with Crippen molar-refractivity contribution < 1.29 is 19.7 Å². The summed E-state index contributed by atoms with van der Waals surface area (Å²) in [4.78, 5) is 12.7. The Morgan fingerprint density at radius 1 is 0.964 bits per heavy atom. The van der Waals surface area contributed by atoms with Crippen LogP contribution in [0.1, 0.15) is 37.7 Å². The van der Waals surface area contributed by atoms with Crippen LogP contribution in [-0.4, -0.2) is 21.4 Å². The van der Waals surface area contributed by atoms with Crippen molar-refractivity contribution in [3.8, 4) is 28.6 Å². The van der Waals surface area contributed by atoms with Crippen LogP contribution in [0.15, 0.2) is 45.6 Å². The van der Waals surface area contributed by atoms with E-state index in [4.69, 9.17) is 4.42 Å². The molecule has 0 saturated heterocycles. The second-order valence-corrected chi connectivity index (χ2v) is 7.34. The summed E-state index contributed by atoms with van der Waals surface area (Å²) in [6.45, 7) is 0.343. The van der Waals surface area contributed by atoms with Gasteiger partial charge in [-0.1, -0.05) is 19.3 Å². The molecule has 0 atom stereocenters. The Morgan fingerprint density at radius 2 is 1.68 bits per heavy atom. The van der Waals surface area contributed by atoms with Gasteiger partial charge in [0.15, 0.2) is 11.0 Å². The minimum Gasteiger partial charge on any atom is -0.508 e. The monoisotopic (exact) mass is 381 g/mol. The van der Waals surface area contributed by atoms with E-state index in [1.165, 1.54) is 43.5 Å². The number of fused-ring (bicyclic) bond motifs is 1. The fourth-order valence-corrected chi connectivity index (χ4v) is 3.85. The van der Waals surface area contributed by atoms with Crippen molar-refractivity contribution in [3.63, 3.8) is 0 Å². The molecule has 6 heteroatoms. The van der Waals surface area contributed by atoms with Gasteiger partial charge in [0, 0.05) is 30.3 Å². The van der Waals surface area contributed by atoms with Gasteiger partial charge in [-0.15, -0.1) is 0 Å². The molecule has 146 valence electrons. The summed E-state index contributed by atoms with van der Waals surface area (Å²) in [5, 5.41) is 33.6. The van der Waals surface area contributed by atoms with Crippen molar-refractivity contribution >= 4 is 11.0 Å². The Balaban J connectivity index is 1.79. The van der Waals surface area contributed by atoms with E-state index < -0.39 is 0 Å². The molecule has 0 aliphatic heterocycles.